The van der Waals surface area contributed by atoms with E-state index in [9.17, 15) is 14.4 Å². The van der Waals surface area contributed by atoms with Gasteiger partial charge < -0.3 is 19.8 Å². The number of hydrogen-bond acceptors (Lipinski definition) is 6. The zero-order valence-electron chi connectivity index (χ0n) is 19.2. The molecule has 34 heavy (non-hydrogen) atoms. The van der Waals surface area contributed by atoms with Gasteiger partial charge in [0.15, 0.2) is 5.69 Å². The highest BCUT2D eigenvalue weighted by Gasteiger charge is 2.21. The standard InChI is InChI=1S/C26H29N3O5/c1-2-33-22(30)16-17-12-14-19(15-13-17)28-26(32)29-24-23(27-18-8-4-3-5-9-18)20-10-6-7-11-21(20)34-25(24)31/h6-7,10-15,18,27H,2-5,8-9,16H2,1H3,(H2,28,29,32). The largest absolute Gasteiger partial charge is 0.466 e. The summed E-state index contributed by atoms with van der Waals surface area (Å²) in [6, 6.07) is 13.8. The molecule has 2 aromatic carbocycles. The fourth-order valence-corrected chi connectivity index (χ4v) is 4.22. The maximum Gasteiger partial charge on any atom is 0.362 e. The Labute approximate surface area is 197 Å². The van der Waals surface area contributed by atoms with E-state index < -0.39 is 11.7 Å². The molecule has 1 aliphatic carbocycles. The quantitative estimate of drug-likeness (QED) is 0.325. The summed E-state index contributed by atoms with van der Waals surface area (Å²) < 4.78 is 10.4. The number of benzene rings is 2. The number of anilines is 3. The predicted octanol–water partition coefficient (Wildman–Crippen LogP) is 5.29. The van der Waals surface area contributed by atoms with Gasteiger partial charge >= 0.3 is 17.6 Å². The smallest absolute Gasteiger partial charge is 0.362 e. The molecule has 1 aromatic heterocycles. The summed E-state index contributed by atoms with van der Waals surface area (Å²) in [4.78, 5) is 37.2. The molecule has 2 amide bonds. The van der Waals surface area contributed by atoms with E-state index in [1.807, 2.05) is 12.1 Å². The molecule has 0 unspecified atom stereocenters. The number of amides is 2. The molecule has 8 heteroatoms. The Kier molecular flexibility index (Phi) is 7.47. The fraction of sp³-hybridized carbons (Fsp3) is 0.346. The van der Waals surface area contributed by atoms with Gasteiger partial charge in [-0.3, -0.25) is 10.1 Å². The second-order valence-electron chi connectivity index (χ2n) is 8.37. The highest BCUT2D eigenvalue weighted by molar-refractivity contribution is 6.05. The van der Waals surface area contributed by atoms with Crippen LogP contribution >= 0.6 is 0 Å². The van der Waals surface area contributed by atoms with Crippen molar-refractivity contribution in [2.24, 2.45) is 0 Å². The van der Waals surface area contributed by atoms with Gasteiger partial charge in [-0.15, -0.1) is 0 Å². The summed E-state index contributed by atoms with van der Waals surface area (Å²) in [5, 5.41) is 9.64. The van der Waals surface area contributed by atoms with Gasteiger partial charge in [0.05, 0.1) is 18.7 Å². The van der Waals surface area contributed by atoms with Crippen molar-refractivity contribution in [3.63, 3.8) is 0 Å². The Morgan fingerprint density at radius 1 is 0.971 bits per heavy atom. The number of carbonyl (C=O) groups is 2. The van der Waals surface area contributed by atoms with Crippen molar-refractivity contribution in [3.8, 4) is 0 Å². The molecule has 1 aliphatic rings. The number of rotatable bonds is 7. The summed E-state index contributed by atoms with van der Waals surface area (Å²) >= 11 is 0. The van der Waals surface area contributed by atoms with Crippen LogP contribution in [0, 0.1) is 0 Å². The Morgan fingerprint density at radius 2 is 1.71 bits per heavy atom. The molecule has 8 nitrogen and oxygen atoms in total. The summed E-state index contributed by atoms with van der Waals surface area (Å²) in [7, 11) is 0. The van der Waals surface area contributed by atoms with Gasteiger partial charge in [0.25, 0.3) is 0 Å². The average molecular weight is 464 g/mol. The van der Waals surface area contributed by atoms with Crippen molar-refractivity contribution < 1.29 is 18.7 Å². The van der Waals surface area contributed by atoms with Crippen molar-refractivity contribution in [3.05, 3.63) is 64.5 Å². The first kappa shape index (κ1) is 23.4. The first-order valence-corrected chi connectivity index (χ1v) is 11.7. The summed E-state index contributed by atoms with van der Waals surface area (Å²) in [6.07, 6.45) is 5.66. The maximum atomic E-state index is 12.8. The predicted molar refractivity (Wildman–Crippen MR) is 132 cm³/mol. The number of para-hydroxylation sites is 1. The van der Waals surface area contributed by atoms with Gasteiger partial charge in [0, 0.05) is 17.1 Å². The summed E-state index contributed by atoms with van der Waals surface area (Å²) in [6.45, 7) is 2.09. The molecule has 0 radical (unpaired) electrons. The minimum atomic E-state index is -0.614. The number of esters is 1. The van der Waals surface area contributed by atoms with Gasteiger partial charge in [0.1, 0.15) is 5.58 Å². The van der Waals surface area contributed by atoms with Crippen molar-refractivity contribution in [2.75, 3.05) is 22.6 Å². The van der Waals surface area contributed by atoms with Crippen LogP contribution < -0.4 is 21.6 Å². The Bertz CT molecular complexity index is 1210. The lowest BCUT2D eigenvalue weighted by atomic mass is 9.95. The van der Waals surface area contributed by atoms with Crippen LogP contribution in [0.2, 0.25) is 0 Å². The second-order valence-corrected chi connectivity index (χ2v) is 8.37. The first-order valence-electron chi connectivity index (χ1n) is 11.7. The van der Waals surface area contributed by atoms with Crippen LogP contribution in [0.3, 0.4) is 0 Å². The lowest BCUT2D eigenvalue weighted by molar-refractivity contribution is -0.142. The number of nitrogens with one attached hydrogen (secondary N) is 3. The number of ether oxygens (including phenoxy) is 1. The van der Waals surface area contributed by atoms with Crippen LogP contribution in [0.1, 0.15) is 44.6 Å². The topological polar surface area (TPSA) is 110 Å². The number of fused-ring (bicyclic) bond motifs is 1. The van der Waals surface area contributed by atoms with E-state index in [2.05, 4.69) is 16.0 Å². The molecule has 1 heterocycles. The molecule has 0 bridgehead atoms. The first-order chi connectivity index (χ1) is 16.5. The third kappa shape index (κ3) is 5.75. The Hall–Kier alpha value is -3.81. The molecule has 4 rings (SSSR count). The van der Waals surface area contributed by atoms with Gasteiger partial charge in [-0.1, -0.05) is 43.5 Å². The lowest BCUT2D eigenvalue weighted by Gasteiger charge is -2.25. The third-order valence-corrected chi connectivity index (χ3v) is 5.87. The average Bonchev–Trinajstić information content (AvgIpc) is 2.83. The molecule has 0 atom stereocenters. The van der Waals surface area contributed by atoms with E-state index in [1.54, 1.807) is 43.3 Å². The van der Waals surface area contributed by atoms with Crippen LogP contribution in [-0.2, 0) is 16.0 Å². The van der Waals surface area contributed by atoms with E-state index in [4.69, 9.17) is 9.15 Å². The minimum Gasteiger partial charge on any atom is -0.466 e. The lowest BCUT2D eigenvalue weighted by Crippen LogP contribution is -2.27. The molecule has 1 fully saturated rings. The van der Waals surface area contributed by atoms with Gasteiger partial charge in [-0.2, -0.15) is 0 Å². The molecule has 0 aliphatic heterocycles. The molecular formula is C26H29N3O5. The molecule has 0 saturated heterocycles. The van der Waals surface area contributed by atoms with Crippen molar-refractivity contribution in [1.29, 1.82) is 0 Å². The Morgan fingerprint density at radius 3 is 2.44 bits per heavy atom. The minimum absolute atomic E-state index is 0.0840. The van der Waals surface area contributed by atoms with E-state index in [0.29, 0.717) is 23.6 Å². The summed E-state index contributed by atoms with van der Waals surface area (Å²) in [5.74, 6) is -0.304. The highest BCUT2D eigenvalue weighted by atomic mass is 16.5. The highest BCUT2D eigenvalue weighted by Crippen LogP contribution is 2.32. The molecule has 0 spiro atoms. The van der Waals surface area contributed by atoms with Gasteiger partial charge in [0.2, 0.25) is 0 Å². The molecule has 3 aromatic rings. The van der Waals surface area contributed by atoms with E-state index >= 15 is 0 Å². The normalized spacial score (nSPS) is 13.9. The zero-order chi connectivity index (χ0) is 23.9. The van der Waals surface area contributed by atoms with Crippen molar-refractivity contribution in [2.45, 2.75) is 51.5 Å². The fourth-order valence-electron chi connectivity index (χ4n) is 4.22. The molecule has 1 saturated carbocycles. The number of carbonyl (C=O) groups excluding carboxylic acids is 2. The van der Waals surface area contributed by atoms with Crippen LogP contribution in [0.5, 0.6) is 0 Å². The van der Waals surface area contributed by atoms with Crippen LogP contribution in [0.4, 0.5) is 21.9 Å². The molecular weight excluding hydrogens is 434 g/mol. The van der Waals surface area contributed by atoms with Crippen LogP contribution in [0.25, 0.3) is 11.0 Å². The second kappa shape index (κ2) is 10.9. The van der Waals surface area contributed by atoms with Crippen LogP contribution in [0.15, 0.2) is 57.7 Å². The third-order valence-electron chi connectivity index (χ3n) is 5.87. The van der Waals surface area contributed by atoms with Gasteiger partial charge in [-0.25, -0.2) is 9.59 Å². The van der Waals surface area contributed by atoms with E-state index in [1.165, 1.54) is 6.42 Å². The molecule has 178 valence electrons. The van der Waals surface area contributed by atoms with Crippen LogP contribution in [-0.4, -0.2) is 24.6 Å². The number of urea groups is 1. The number of hydrogen-bond donors (Lipinski definition) is 3. The maximum absolute atomic E-state index is 12.8. The SMILES string of the molecule is CCOC(=O)Cc1ccc(NC(=O)Nc2c(NC3CCCCC3)c3ccccc3oc2=O)cc1. The molecule has 3 N–H and O–H groups in total. The summed E-state index contributed by atoms with van der Waals surface area (Å²) in [5.41, 5.74) is 1.82. The van der Waals surface area contributed by atoms with Gasteiger partial charge in [-0.05, 0) is 49.6 Å². The monoisotopic (exact) mass is 463 g/mol. The van der Waals surface area contributed by atoms with Crippen molar-refractivity contribution in [1.82, 2.24) is 0 Å². The Balaban J connectivity index is 1.52. The van der Waals surface area contributed by atoms with E-state index in [0.717, 1.165) is 36.6 Å². The zero-order valence-corrected chi connectivity index (χ0v) is 19.2. The van der Waals surface area contributed by atoms with Crippen molar-refractivity contribution >= 4 is 40.0 Å². The van der Waals surface area contributed by atoms with E-state index in [-0.39, 0.29) is 24.1 Å².